The molecule has 5 rings (SSSR count). The first-order valence-corrected chi connectivity index (χ1v) is 14.9. The van der Waals surface area contributed by atoms with Crippen molar-refractivity contribution in [3.05, 3.63) is 84.4 Å². The molecule has 6 nitrogen and oxygen atoms in total. The summed E-state index contributed by atoms with van der Waals surface area (Å²) in [6.45, 7) is 2.43. The van der Waals surface area contributed by atoms with Gasteiger partial charge in [0, 0.05) is 36.1 Å². The van der Waals surface area contributed by atoms with E-state index in [1.54, 1.807) is 0 Å². The van der Waals surface area contributed by atoms with E-state index < -0.39 is 10.0 Å². The number of nitrogens with zero attached hydrogens (tertiary/aromatic N) is 3. The fraction of sp³-hybridized carbons (Fsp3) is 0.310. The Morgan fingerprint density at radius 2 is 1.49 bits per heavy atom. The minimum atomic E-state index is -3.29. The third-order valence-corrected chi connectivity index (χ3v) is 8.44. The molecule has 0 saturated carbocycles. The molecule has 192 valence electrons. The lowest BCUT2D eigenvalue weighted by atomic mass is 10.0. The molecule has 0 bridgehead atoms. The largest absolute Gasteiger partial charge is 0.298 e. The van der Waals surface area contributed by atoms with Crippen LogP contribution in [-0.2, 0) is 16.6 Å². The van der Waals surface area contributed by atoms with Crippen molar-refractivity contribution in [2.24, 2.45) is 0 Å². The third-order valence-electron chi connectivity index (χ3n) is 6.65. The number of piperidine rings is 1. The molecule has 3 aromatic carbocycles. The molecule has 1 aliphatic rings. The molecule has 1 aromatic heterocycles. The fourth-order valence-corrected chi connectivity index (χ4v) is 6.51. The number of alkyl halides is 1. The molecule has 37 heavy (non-hydrogen) atoms. The van der Waals surface area contributed by atoms with Crippen LogP contribution in [0.25, 0.3) is 33.5 Å². The zero-order valence-electron chi connectivity index (χ0n) is 20.7. The maximum absolute atomic E-state index is 12.3. The van der Waals surface area contributed by atoms with Gasteiger partial charge in [0.1, 0.15) is 0 Å². The van der Waals surface area contributed by atoms with Gasteiger partial charge in [-0.15, -0.1) is 11.6 Å². The number of aromatic nitrogens is 2. The highest BCUT2D eigenvalue weighted by atomic mass is 35.5. The molecule has 1 N–H and O–H groups in total. The van der Waals surface area contributed by atoms with Gasteiger partial charge in [0.25, 0.3) is 0 Å². The summed E-state index contributed by atoms with van der Waals surface area (Å²) in [4.78, 5) is 12.3. The van der Waals surface area contributed by atoms with Crippen molar-refractivity contribution in [3.8, 4) is 22.5 Å². The molecule has 1 unspecified atom stereocenters. The lowest BCUT2D eigenvalue weighted by Gasteiger charge is -2.33. The maximum Gasteiger partial charge on any atom is 0.211 e. The van der Waals surface area contributed by atoms with Crippen LogP contribution in [0.5, 0.6) is 0 Å². The first-order valence-electron chi connectivity index (χ1n) is 12.7. The van der Waals surface area contributed by atoms with Gasteiger partial charge in [-0.2, -0.15) is 0 Å². The summed E-state index contributed by atoms with van der Waals surface area (Å²) in [6.07, 6.45) is 2.29. The number of hydrogen-bond acceptors (Lipinski definition) is 5. The van der Waals surface area contributed by atoms with E-state index >= 15 is 0 Å². The van der Waals surface area contributed by atoms with E-state index in [9.17, 15) is 8.42 Å². The smallest absolute Gasteiger partial charge is 0.211 e. The van der Waals surface area contributed by atoms with Gasteiger partial charge in [0.2, 0.25) is 10.0 Å². The van der Waals surface area contributed by atoms with E-state index in [0.29, 0.717) is 18.8 Å². The number of benzene rings is 3. The highest BCUT2D eigenvalue weighted by Gasteiger charge is 2.24. The van der Waals surface area contributed by atoms with Gasteiger partial charge in [0.15, 0.2) is 0 Å². The van der Waals surface area contributed by atoms with Gasteiger partial charge >= 0.3 is 0 Å². The Kier molecular flexibility index (Phi) is 8.15. The second-order valence-electron chi connectivity index (χ2n) is 9.53. The minimum Gasteiger partial charge on any atom is -0.298 e. The predicted molar refractivity (Wildman–Crippen MR) is 151 cm³/mol. The van der Waals surface area contributed by atoms with Gasteiger partial charge in [-0.1, -0.05) is 66.7 Å². The van der Waals surface area contributed by atoms with E-state index in [0.717, 1.165) is 59.5 Å². The van der Waals surface area contributed by atoms with Crippen LogP contribution in [0.1, 0.15) is 24.8 Å². The molecule has 1 atom stereocenters. The van der Waals surface area contributed by atoms with Crippen LogP contribution in [0.2, 0.25) is 0 Å². The SMILES string of the molecule is O=S(=O)(CCCCl)NC1CCCN(Cc2ccc(-c3nc4ccccc4nc3-c3ccccc3)cc2)C1. The first kappa shape index (κ1) is 25.8. The van der Waals surface area contributed by atoms with Crippen LogP contribution < -0.4 is 4.72 Å². The number of likely N-dealkylation sites (tertiary alicyclic amines) is 1. The summed E-state index contributed by atoms with van der Waals surface area (Å²) in [5, 5.41) is 0. The van der Waals surface area contributed by atoms with E-state index in [1.165, 1.54) is 5.56 Å². The van der Waals surface area contributed by atoms with Crippen LogP contribution in [-0.4, -0.2) is 54.0 Å². The topological polar surface area (TPSA) is 75.2 Å². The number of nitrogens with one attached hydrogen (secondary N) is 1. The predicted octanol–water partition coefficient (Wildman–Crippen LogP) is 5.48. The number of fused-ring (bicyclic) bond motifs is 1. The molecule has 0 radical (unpaired) electrons. The Bertz CT molecular complexity index is 1450. The molecule has 0 amide bonds. The first-order chi connectivity index (χ1) is 18.0. The van der Waals surface area contributed by atoms with Gasteiger partial charge in [-0.05, 0) is 43.5 Å². The number of para-hydroxylation sites is 2. The summed E-state index contributed by atoms with van der Waals surface area (Å²) >= 11 is 5.67. The van der Waals surface area contributed by atoms with Crippen LogP contribution >= 0.6 is 11.6 Å². The Morgan fingerprint density at radius 3 is 2.14 bits per heavy atom. The lowest BCUT2D eigenvalue weighted by Crippen LogP contribution is -2.47. The van der Waals surface area contributed by atoms with Crippen LogP contribution in [0, 0.1) is 0 Å². The molecule has 1 saturated heterocycles. The van der Waals surface area contributed by atoms with Crippen molar-refractivity contribution in [1.82, 2.24) is 19.6 Å². The molecule has 2 heterocycles. The standard InChI is InChI=1S/C29H31ClN4O2S/c30-17-7-19-37(35,36)33-25-10-6-18-34(21-25)20-22-13-15-24(16-14-22)29-28(23-8-2-1-3-9-23)31-26-11-4-5-12-27(26)32-29/h1-5,8-9,11-16,25,33H,6-7,10,17-21H2. The monoisotopic (exact) mass is 534 g/mol. The van der Waals surface area contributed by atoms with Crippen molar-refractivity contribution in [1.29, 1.82) is 0 Å². The minimum absolute atomic E-state index is 0.0605. The van der Waals surface area contributed by atoms with Crippen LogP contribution in [0.3, 0.4) is 0 Å². The molecule has 8 heteroatoms. The average molecular weight is 535 g/mol. The summed E-state index contributed by atoms with van der Waals surface area (Å²) in [5.41, 5.74) is 6.71. The van der Waals surface area contributed by atoms with Crippen molar-refractivity contribution in [3.63, 3.8) is 0 Å². The molecule has 4 aromatic rings. The zero-order chi connectivity index (χ0) is 25.7. The molecular weight excluding hydrogens is 504 g/mol. The number of rotatable bonds is 9. The zero-order valence-corrected chi connectivity index (χ0v) is 22.3. The lowest BCUT2D eigenvalue weighted by molar-refractivity contribution is 0.194. The molecular formula is C29H31ClN4O2S. The molecule has 1 fully saturated rings. The Morgan fingerprint density at radius 1 is 0.865 bits per heavy atom. The number of halogens is 1. The van der Waals surface area contributed by atoms with Gasteiger partial charge in [-0.25, -0.2) is 23.1 Å². The summed E-state index contributed by atoms with van der Waals surface area (Å²) in [7, 11) is -3.29. The molecule has 0 spiro atoms. The highest BCUT2D eigenvalue weighted by molar-refractivity contribution is 7.89. The van der Waals surface area contributed by atoms with Gasteiger partial charge < -0.3 is 0 Å². The van der Waals surface area contributed by atoms with Crippen LogP contribution in [0.4, 0.5) is 0 Å². The second kappa shape index (κ2) is 11.7. The number of hydrogen-bond donors (Lipinski definition) is 1. The van der Waals surface area contributed by atoms with Crippen LogP contribution in [0.15, 0.2) is 78.9 Å². The molecule has 1 aliphatic heterocycles. The Labute approximate surface area is 223 Å². The average Bonchev–Trinajstić information content (AvgIpc) is 2.92. The Balaban J connectivity index is 1.33. The highest BCUT2D eigenvalue weighted by Crippen LogP contribution is 2.31. The maximum atomic E-state index is 12.3. The van der Waals surface area contributed by atoms with Gasteiger partial charge in [-0.3, -0.25) is 4.90 Å². The number of sulfonamides is 1. The van der Waals surface area contributed by atoms with Crippen molar-refractivity contribution >= 4 is 32.7 Å². The van der Waals surface area contributed by atoms with Gasteiger partial charge in [0.05, 0.1) is 28.2 Å². The van der Waals surface area contributed by atoms with Crippen molar-refractivity contribution in [2.75, 3.05) is 24.7 Å². The van der Waals surface area contributed by atoms with E-state index in [-0.39, 0.29) is 11.8 Å². The third kappa shape index (κ3) is 6.54. The summed E-state index contributed by atoms with van der Waals surface area (Å²) in [5.74, 6) is 0.433. The summed E-state index contributed by atoms with van der Waals surface area (Å²) in [6, 6.07) is 26.5. The fourth-order valence-electron chi connectivity index (χ4n) is 4.88. The van der Waals surface area contributed by atoms with E-state index in [4.69, 9.17) is 21.6 Å². The van der Waals surface area contributed by atoms with E-state index in [1.807, 2.05) is 42.5 Å². The Hall–Kier alpha value is -2.84. The molecule has 0 aliphatic carbocycles. The second-order valence-corrected chi connectivity index (χ2v) is 11.8. The van der Waals surface area contributed by atoms with Crippen molar-refractivity contribution < 1.29 is 8.42 Å². The normalized spacial score (nSPS) is 16.7. The quantitative estimate of drug-likeness (QED) is 0.288. The summed E-state index contributed by atoms with van der Waals surface area (Å²) < 4.78 is 27.5. The van der Waals surface area contributed by atoms with Crippen molar-refractivity contribution in [2.45, 2.75) is 31.8 Å². The van der Waals surface area contributed by atoms with E-state index in [2.05, 4.69) is 46.0 Å².